The van der Waals surface area contributed by atoms with Crippen LogP contribution in [-0.2, 0) is 11.3 Å². The highest BCUT2D eigenvalue weighted by molar-refractivity contribution is 5.94. The van der Waals surface area contributed by atoms with Gasteiger partial charge in [0.2, 0.25) is 5.91 Å². The number of pyridine rings is 1. The molecule has 120 valence electrons. The standard InChI is InChI=1S/C17H19N3O3/c1-12-7-8-14(16(22)19-12)17(23)20(10-9-15(18)21)11-13-5-3-2-4-6-13/h2-8H,9-11H2,1H3,(H2,18,21)(H,19,22). The summed E-state index contributed by atoms with van der Waals surface area (Å²) in [7, 11) is 0. The zero-order valence-electron chi connectivity index (χ0n) is 12.9. The Morgan fingerprint density at radius 3 is 2.43 bits per heavy atom. The number of primary amides is 1. The van der Waals surface area contributed by atoms with E-state index in [1.165, 1.54) is 11.0 Å². The molecule has 0 bridgehead atoms. The number of hydrogen-bond donors (Lipinski definition) is 2. The van der Waals surface area contributed by atoms with Crippen molar-refractivity contribution in [1.29, 1.82) is 0 Å². The number of carbonyl (C=O) groups is 2. The summed E-state index contributed by atoms with van der Waals surface area (Å²) in [5, 5.41) is 0. The summed E-state index contributed by atoms with van der Waals surface area (Å²) >= 11 is 0. The number of aromatic nitrogens is 1. The van der Waals surface area contributed by atoms with Crippen molar-refractivity contribution in [1.82, 2.24) is 9.88 Å². The third-order valence-corrected chi connectivity index (χ3v) is 3.42. The second-order valence-corrected chi connectivity index (χ2v) is 5.31. The Kier molecular flexibility index (Phi) is 5.30. The first-order chi connectivity index (χ1) is 11.0. The molecular formula is C17H19N3O3. The molecule has 0 saturated carbocycles. The van der Waals surface area contributed by atoms with Crippen LogP contribution in [0.4, 0.5) is 0 Å². The molecule has 23 heavy (non-hydrogen) atoms. The Balaban J connectivity index is 2.26. The van der Waals surface area contributed by atoms with Crippen molar-refractivity contribution in [3.8, 4) is 0 Å². The van der Waals surface area contributed by atoms with Gasteiger partial charge < -0.3 is 15.6 Å². The number of nitrogens with two attached hydrogens (primary N) is 1. The summed E-state index contributed by atoms with van der Waals surface area (Å²) in [5.74, 6) is -0.912. The topological polar surface area (TPSA) is 96.3 Å². The van der Waals surface area contributed by atoms with Gasteiger partial charge in [-0.05, 0) is 24.6 Å². The molecule has 1 heterocycles. The van der Waals surface area contributed by atoms with E-state index in [1.54, 1.807) is 13.0 Å². The zero-order valence-corrected chi connectivity index (χ0v) is 12.9. The number of aryl methyl sites for hydroxylation is 1. The maximum absolute atomic E-state index is 12.6. The fourth-order valence-corrected chi connectivity index (χ4v) is 2.21. The highest BCUT2D eigenvalue weighted by Crippen LogP contribution is 2.09. The first-order valence-corrected chi connectivity index (χ1v) is 7.29. The lowest BCUT2D eigenvalue weighted by Gasteiger charge is -2.22. The van der Waals surface area contributed by atoms with Crippen molar-refractivity contribution < 1.29 is 9.59 Å². The van der Waals surface area contributed by atoms with E-state index in [-0.39, 0.29) is 18.5 Å². The van der Waals surface area contributed by atoms with Crippen molar-refractivity contribution in [3.63, 3.8) is 0 Å². The number of benzene rings is 1. The normalized spacial score (nSPS) is 10.3. The zero-order chi connectivity index (χ0) is 16.8. The van der Waals surface area contributed by atoms with E-state index in [4.69, 9.17) is 5.73 Å². The van der Waals surface area contributed by atoms with Crippen LogP contribution in [0.2, 0.25) is 0 Å². The average Bonchev–Trinajstić information content (AvgIpc) is 2.51. The predicted molar refractivity (Wildman–Crippen MR) is 86.8 cm³/mol. The maximum atomic E-state index is 12.6. The number of aromatic amines is 1. The SMILES string of the molecule is Cc1ccc(C(=O)N(CCC(N)=O)Cc2ccccc2)c(=O)[nH]1. The molecule has 2 amide bonds. The minimum Gasteiger partial charge on any atom is -0.370 e. The third-order valence-electron chi connectivity index (χ3n) is 3.42. The van der Waals surface area contributed by atoms with Crippen LogP contribution < -0.4 is 11.3 Å². The average molecular weight is 313 g/mol. The van der Waals surface area contributed by atoms with E-state index in [1.807, 2.05) is 30.3 Å². The van der Waals surface area contributed by atoms with Gasteiger partial charge in [0.25, 0.3) is 11.5 Å². The Hall–Kier alpha value is -2.89. The Morgan fingerprint density at radius 1 is 1.13 bits per heavy atom. The highest BCUT2D eigenvalue weighted by atomic mass is 16.2. The Bertz CT molecular complexity index is 753. The van der Waals surface area contributed by atoms with Crippen LogP contribution in [0, 0.1) is 6.92 Å². The monoisotopic (exact) mass is 313 g/mol. The molecule has 0 aliphatic heterocycles. The van der Waals surface area contributed by atoms with Crippen LogP contribution in [-0.4, -0.2) is 28.2 Å². The van der Waals surface area contributed by atoms with Gasteiger partial charge >= 0.3 is 0 Å². The molecule has 0 atom stereocenters. The van der Waals surface area contributed by atoms with E-state index >= 15 is 0 Å². The number of nitrogens with one attached hydrogen (secondary N) is 1. The number of H-pyrrole nitrogens is 1. The second-order valence-electron chi connectivity index (χ2n) is 5.31. The van der Waals surface area contributed by atoms with Crippen LogP contribution in [0.5, 0.6) is 0 Å². The molecule has 3 N–H and O–H groups in total. The van der Waals surface area contributed by atoms with Crippen molar-refractivity contribution in [2.75, 3.05) is 6.54 Å². The minimum atomic E-state index is -0.492. The Labute approximate surface area is 133 Å². The molecule has 0 spiro atoms. The number of carbonyl (C=O) groups excluding carboxylic acids is 2. The van der Waals surface area contributed by atoms with Crippen LogP contribution in [0.1, 0.15) is 28.0 Å². The largest absolute Gasteiger partial charge is 0.370 e. The van der Waals surface area contributed by atoms with Gasteiger partial charge in [-0.3, -0.25) is 14.4 Å². The smallest absolute Gasteiger partial charge is 0.260 e. The van der Waals surface area contributed by atoms with Gasteiger partial charge in [-0.25, -0.2) is 0 Å². The van der Waals surface area contributed by atoms with Gasteiger partial charge in [0, 0.05) is 25.2 Å². The molecule has 2 rings (SSSR count). The van der Waals surface area contributed by atoms with Crippen molar-refractivity contribution in [3.05, 3.63) is 69.6 Å². The van der Waals surface area contributed by atoms with Crippen molar-refractivity contribution in [2.45, 2.75) is 19.9 Å². The molecule has 6 nitrogen and oxygen atoms in total. The van der Waals surface area contributed by atoms with Crippen LogP contribution in [0.3, 0.4) is 0 Å². The first-order valence-electron chi connectivity index (χ1n) is 7.29. The molecule has 0 saturated heterocycles. The highest BCUT2D eigenvalue weighted by Gasteiger charge is 2.19. The summed E-state index contributed by atoms with van der Waals surface area (Å²) < 4.78 is 0. The van der Waals surface area contributed by atoms with Gasteiger partial charge in [0.1, 0.15) is 5.56 Å². The molecule has 0 aliphatic carbocycles. The number of hydrogen-bond acceptors (Lipinski definition) is 3. The lowest BCUT2D eigenvalue weighted by Crippen LogP contribution is -2.36. The second kappa shape index (κ2) is 7.40. The molecule has 0 fully saturated rings. The lowest BCUT2D eigenvalue weighted by atomic mass is 10.1. The maximum Gasteiger partial charge on any atom is 0.260 e. The molecule has 0 radical (unpaired) electrons. The molecule has 2 aromatic rings. The fourth-order valence-electron chi connectivity index (χ4n) is 2.21. The van der Waals surface area contributed by atoms with E-state index in [9.17, 15) is 14.4 Å². The van der Waals surface area contributed by atoms with Crippen molar-refractivity contribution in [2.24, 2.45) is 5.73 Å². The van der Waals surface area contributed by atoms with Gasteiger partial charge in [-0.1, -0.05) is 30.3 Å². The minimum absolute atomic E-state index is 0.0440. The van der Waals surface area contributed by atoms with Crippen LogP contribution in [0.15, 0.2) is 47.3 Å². The number of amides is 2. The summed E-state index contributed by atoms with van der Waals surface area (Å²) in [6.07, 6.45) is 0.0440. The van der Waals surface area contributed by atoms with E-state index in [0.29, 0.717) is 12.2 Å². The molecule has 0 aliphatic rings. The van der Waals surface area contributed by atoms with Gasteiger partial charge in [-0.15, -0.1) is 0 Å². The summed E-state index contributed by atoms with van der Waals surface area (Å²) in [4.78, 5) is 39.7. The van der Waals surface area contributed by atoms with Gasteiger partial charge in [0.15, 0.2) is 0 Å². The van der Waals surface area contributed by atoms with Gasteiger partial charge in [0.05, 0.1) is 0 Å². The van der Waals surface area contributed by atoms with Gasteiger partial charge in [-0.2, -0.15) is 0 Å². The fraction of sp³-hybridized carbons (Fsp3) is 0.235. The molecule has 1 aromatic heterocycles. The summed E-state index contributed by atoms with van der Waals surface area (Å²) in [6.45, 7) is 2.21. The summed E-state index contributed by atoms with van der Waals surface area (Å²) in [5.41, 5.74) is 6.38. The summed E-state index contributed by atoms with van der Waals surface area (Å²) in [6, 6.07) is 12.5. The first kappa shape index (κ1) is 16.5. The molecule has 0 unspecified atom stereocenters. The van der Waals surface area contributed by atoms with E-state index in [2.05, 4.69) is 4.98 Å². The molecule has 6 heteroatoms. The lowest BCUT2D eigenvalue weighted by molar-refractivity contribution is -0.118. The van der Waals surface area contributed by atoms with Crippen molar-refractivity contribution >= 4 is 11.8 Å². The van der Waals surface area contributed by atoms with E-state index < -0.39 is 17.4 Å². The predicted octanol–water partition coefficient (Wildman–Crippen LogP) is 1.20. The third kappa shape index (κ3) is 4.54. The van der Waals surface area contributed by atoms with Crippen LogP contribution >= 0.6 is 0 Å². The van der Waals surface area contributed by atoms with E-state index in [0.717, 1.165) is 5.56 Å². The Morgan fingerprint density at radius 2 is 1.83 bits per heavy atom. The molecule has 1 aromatic carbocycles. The molecular weight excluding hydrogens is 294 g/mol. The number of rotatable bonds is 6. The number of nitrogens with zero attached hydrogens (tertiary/aromatic N) is 1. The quantitative estimate of drug-likeness (QED) is 0.838. The van der Waals surface area contributed by atoms with Crippen LogP contribution in [0.25, 0.3) is 0 Å².